The van der Waals surface area contributed by atoms with Crippen molar-refractivity contribution in [2.75, 3.05) is 60.8 Å². The number of amides is 2. The lowest BCUT2D eigenvalue weighted by Crippen LogP contribution is -2.44. The molecule has 3 aliphatic heterocycles. The van der Waals surface area contributed by atoms with Gasteiger partial charge in [-0.1, -0.05) is 0 Å². The van der Waals surface area contributed by atoms with Gasteiger partial charge in [0.05, 0.1) is 48.8 Å². The van der Waals surface area contributed by atoms with Gasteiger partial charge in [-0.2, -0.15) is 0 Å². The molecule has 2 unspecified atom stereocenters. The third-order valence-corrected chi connectivity index (χ3v) is 8.46. The molecule has 0 radical (unpaired) electrons. The Labute approximate surface area is 240 Å². The molecule has 41 heavy (non-hydrogen) atoms. The van der Waals surface area contributed by atoms with E-state index in [9.17, 15) is 14.4 Å². The number of hydrogen-bond acceptors (Lipinski definition) is 11. The van der Waals surface area contributed by atoms with E-state index < -0.39 is 18.1 Å². The van der Waals surface area contributed by atoms with Crippen LogP contribution in [-0.2, 0) is 19.1 Å². The third kappa shape index (κ3) is 5.46. The zero-order valence-corrected chi connectivity index (χ0v) is 23.5. The number of ether oxygens (including phenoxy) is 3. The summed E-state index contributed by atoms with van der Waals surface area (Å²) >= 11 is 1.47. The Balaban J connectivity index is 1.16. The summed E-state index contributed by atoms with van der Waals surface area (Å²) in [6.07, 6.45) is 0.848. The number of hydrogen-bond donors (Lipinski definition) is 2. The van der Waals surface area contributed by atoms with Gasteiger partial charge in [0.25, 0.3) is 0 Å². The van der Waals surface area contributed by atoms with Crippen LogP contribution in [0.15, 0.2) is 47.5 Å². The zero-order chi connectivity index (χ0) is 28.5. The number of carbonyl (C=O) groups is 3. The van der Waals surface area contributed by atoms with Gasteiger partial charge in [0, 0.05) is 48.5 Å². The molecule has 2 fully saturated rings. The molecule has 2 amide bonds. The fourth-order valence-corrected chi connectivity index (χ4v) is 6.21. The molecule has 13 heteroatoms. The Hall–Kier alpha value is -4.10. The van der Waals surface area contributed by atoms with Crippen molar-refractivity contribution in [3.8, 4) is 5.88 Å². The quantitative estimate of drug-likeness (QED) is 0.382. The third-order valence-electron chi connectivity index (χ3n) is 7.39. The summed E-state index contributed by atoms with van der Waals surface area (Å²) in [7, 11) is 1.57. The van der Waals surface area contributed by atoms with Crippen molar-refractivity contribution in [2.24, 2.45) is 5.92 Å². The Morgan fingerprint density at radius 2 is 2.07 bits per heavy atom. The smallest absolute Gasteiger partial charge is 0.414 e. The van der Waals surface area contributed by atoms with Gasteiger partial charge >= 0.3 is 12.1 Å². The summed E-state index contributed by atoms with van der Waals surface area (Å²) in [5, 5.41) is 6.32. The number of methoxy groups -OCH3 is 1. The van der Waals surface area contributed by atoms with Crippen molar-refractivity contribution < 1.29 is 28.6 Å². The summed E-state index contributed by atoms with van der Waals surface area (Å²) in [6.45, 7) is 3.73. The monoisotopic (exact) mass is 578 g/mol. The summed E-state index contributed by atoms with van der Waals surface area (Å²) in [4.78, 5) is 51.2. The van der Waals surface area contributed by atoms with Gasteiger partial charge in [-0.3, -0.25) is 19.5 Å². The van der Waals surface area contributed by atoms with Gasteiger partial charge in [-0.25, -0.2) is 9.78 Å². The van der Waals surface area contributed by atoms with Crippen LogP contribution in [-0.4, -0.2) is 85.7 Å². The minimum absolute atomic E-state index is 0.0674. The van der Waals surface area contributed by atoms with Crippen LogP contribution in [0.1, 0.15) is 6.92 Å². The second-order valence-corrected chi connectivity index (χ2v) is 11.0. The van der Waals surface area contributed by atoms with Crippen LogP contribution < -0.4 is 25.2 Å². The number of fused-ring (bicyclic) bond motifs is 2. The largest absolute Gasteiger partial charge is 0.481 e. The molecule has 6 rings (SSSR count). The van der Waals surface area contributed by atoms with Crippen LogP contribution in [0.3, 0.4) is 0 Å². The molecular weight excluding hydrogens is 548 g/mol. The van der Waals surface area contributed by atoms with Crippen molar-refractivity contribution in [3.63, 3.8) is 0 Å². The summed E-state index contributed by atoms with van der Waals surface area (Å²) in [5.41, 5.74) is 3.62. The Morgan fingerprint density at radius 3 is 2.90 bits per heavy atom. The van der Waals surface area contributed by atoms with E-state index in [0.29, 0.717) is 54.7 Å². The van der Waals surface area contributed by atoms with E-state index in [1.165, 1.54) is 11.8 Å². The van der Waals surface area contributed by atoms with E-state index in [1.807, 2.05) is 24.3 Å². The molecule has 0 saturated carbocycles. The maximum absolute atomic E-state index is 13.0. The molecule has 2 aromatic heterocycles. The first kappa shape index (κ1) is 27.1. The van der Waals surface area contributed by atoms with Crippen molar-refractivity contribution >= 4 is 57.8 Å². The first-order valence-electron chi connectivity index (χ1n) is 13.4. The second-order valence-electron chi connectivity index (χ2n) is 9.96. The van der Waals surface area contributed by atoms with Crippen LogP contribution in [0.25, 0.3) is 11.0 Å². The Kier molecular flexibility index (Phi) is 7.54. The number of esters is 1. The standard InChI is InChI=1S/C28H30N6O6S/c1-3-39-27(36)18-13-33(22-8-9-29-19-5-7-25(38-2)32-26(19)22)14-21(18)30-11-17-12-34(28(37)40-17)16-4-6-23-20(10-16)31-24(35)15-41-23/h4-10,17-18,21,30H,3,11-15H2,1-2H3,(H,31,35)/t17-,18?,21?/m0/s1. The molecule has 214 valence electrons. The fourth-order valence-electron chi connectivity index (χ4n) is 5.42. The lowest BCUT2D eigenvalue weighted by molar-refractivity contribution is -0.147. The minimum atomic E-state index is -0.454. The van der Waals surface area contributed by atoms with E-state index in [0.717, 1.165) is 16.1 Å². The van der Waals surface area contributed by atoms with Gasteiger partial charge < -0.3 is 29.7 Å². The van der Waals surface area contributed by atoms with E-state index in [4.69, 9.17) is 14.2 Å². The van der Waals surface area contributed by atoms with Crippen LogP contribution in [0, 0.1) is 5.92 Å². The molecule has 2 N–H and O–H groups in total. The predicted molar refractivity (Wildman–Crippen MR) is 154 cm³/mol. The molecule has 1 aromatic carbocycles. The van der Waals surface area contributed by atoms with E-state index in [1.54, 1.807) is 37.3 Å². The van der Waals surface area contributed by atoms with E-state index >= 15 is 0 Å². The summed E-state index contributed by atoms with van der Waals surface area (Å²) in [5.74, 6) is 0.0748. The molecule has 0 aliphatic carbocycles. The van der Waals surface area contributed by atoms with Gasteiger partial charge in [0.1, 0.15) is 11.6 Å². The van der Waals surface area contributed by atoms with Crippen LogP contribution in [0.2, 0.25) is 0 Å². The van der Waals surface area contributed by atoms with E-state index in [2.05, 4.69) is 25.5 Å². The van der Waals surface area contributed by atoms with Crippen LogP contribution >= 0.6 is 11.8 Å². The number of benzene rings is 1. The average Bonchev–Trinajstić information content (AvgIpc) is 3.58. The predicted octanol–water partition coefficient (Wildman–Crippen LogP) is 2.67. The number of thioether (sulfide) groups is 1. The summed E-state index contributed by atoms with van der Waals surface area (Å²) < 4.78 is 16.4. The van der Waals surface area contributed by atoms with Gasteiger partial charge in [-0.05, 0) is 37.3 Å². The van der Waals surface area contributed by atoms with Crippen molar-refractivity contribution in [3.05, 3.63) is 42.6 Å². The number of carbonyl (C=O) groups excluding carboxylic acids is 3. The first-order chi connectivity index (χ1) is 19.9. The molecule has 5 heterocycles. The number of aromatic nitrogens is 2. The van der Waals surface area contributed by atoms with Gasteiger partial charge in [-0.15, -0.1) is 11.8 Å². The minimum Gasteiger partial charge on any atom is -0.481 e. The number of nitrogens with zero attached hydrogens (tertiary/aromatic N) is 4. The molecule has 2 saturated heterocycles. The van der Waals surface area contributed by atoms with Crippen molar-refractivity contribution in [1.29, 1.82) is 0 Å². The van der Waals surface area contributed by atoms with Gasteiger partial charge in [0.2, 0.25) is 11.8 Å². The highest BCUT2D eigenvalue weighted by Crippen LogP contribution is 2.36. The van der Waals surface area contributed by atoms with Crippen LogP contribution in [0.4, 0.5) is 21.9 Å². The summed E-state index contributed by atoms with van der Waals surface area (Å²) in [6, 6.07) is 10.8. The number of cyclic esters (lactones) is 1. The average molecular weight is 579 g/mol. The molecule has 0 bridgehead atoms. The number of pyridine rings is 2. The molecule has 0 spiro atoms. The molecule has 3 aliphatic rings. The molecular formula is C28H30N6O6S. The maximum atomic E-state index is 13.0. The highest BCUT2D eigenvalue weighted by Gasteiger charge is 2.41. The van der Waals surface area contributed by atoms with Crippen molar-refractivity contribution in [1.82, 2.24) is 15.3 Å². The SMILES string of the molecule is CCOC(=O)C1CN(c2ccnc3ccc(OC)nc23)CC1NC[C@H]1CN(c2ccc3c(c2)NC(=O)CS3)C(=O)O1. The lowest BCUT2D eigenvalue weighted by atomic mass is 10.0. The first-order valence-corrected chi connectivity index (χ1v) is 14.4. The molecule has 3 aromatic rings. The lowest BCUT2D eigenvalue weighted by Gasteiger charge is -2.21. The number of nitrogens with one attached hydrogen (secondary N) is 2. The second kappa shape index (κ2) is 11.4. The molecule has 12 nitrogen and oxygen atoms in total. The normalized spacial score (nSPS) is 22.0. The van der Waals surface area contributed by atoms with Crippen molar-refractivity contribution in [2.45, 2.75) is 24.0 Å². The fraction of sp³-hybridized carbons (Fsp3) is 0.393. The zero-order valence-electron chi connectivity index (χ0n) is 22.7. The maximum Gasteiger partial charge on any atom is 0.414 e. The Bertz CT molecular complexity index is 1500. The topological polar surface area (TPSA) is 135 Å². The Morgan fingerprint density at radius 1 is 1.20 bits per heavy atom. The number of anilines is 3. The molecule has 3 atom stereocenters. The highest BCUT2D eigenvalue weighted by atomic mass is 32.2. The van der Waals surface area contributed by atoms with Gasteiger partial charge in [0.15, 0.2) is 0 Å². The van der Waals surface area contributed by atoms with Crippen LogP contribution in [0.5, 0.6) is 5.88 Å². The highest BCUT2D eigenvalue weighted by molar-refractivity contribution is 8.00. The van der Waals surface area contributed by atoms with E-state index in [-0.39, 0.29) is 24.5 Å². The number of rotatable bonds is 8.